The Morgan fingerprint density at radius 3 is 2.48 bits per heavy atom. The second-order valence-corrected chi connectivity index (χ2v) is 8.63. The van der Waals surface area contributed by atoms with Crippen molar-refractivity contribution in [2.75, 3.05) is 29.4 Å². The molecule has 3 heterocycles. The first kappa shape index (κ1) is 20.9. The SMILES string of the molecule is Cc1cccc(N2CCN(C(=O)c3ccc4c(c3)C(=O)N(c3cc(C)on3)C4=O)C[C@H]2C)c1. The normalized spacial score (nSPS) is 18.2. The van der Waals surface area contributed by atoms with Gasteiger partial charge in [0.15, 0.2) is 5.82 Å². The lowest BCUT2D eigenvalue weighted by atomic mass is 10.0. The molecule has 2 aliphatic heterocycles. The second kappa shape index (κ2) is 7.88. The third kappa shape index (κ3) is 3.57. The van der Waals surface area contributed by atoms with Gasteiger partial charge in [0, 0.05) is 43.0 Å². The number of imide groups is 1. The second-order valence-electron chi connectivity index (χ2n) is 8.63. The molecule has 1 fully saturated rings. The summed E-state index contributed by atoms with van der Waals surface area (Å²) in [5.41, 5.74) is 3.21. The molecule has 3 amide bonds. The number of aryl methyl sites for hydroxylation is 2. The van der Waals surface area contributed by atoms with E-state index in [0.717, 1.165) is 17.1 Å². The highest BCUT2D eigenvalue weighted by Gasteiger charge is 2.39. The molecule has 5 rings (SSSR count). The predicted octanol–water partition coefficient (Wildman–Crippen LogP) is 3.44. The Labute approximate surface area is 191 Å². The number of piperazine rings is 1. The molecule has 2 aliphatic rings. The average Bonchev–Trinajstić information content (AvgIpc) is 3.33. The number of carbonyl (C=O) groups is 3. The summed E-state index contributed by atoms with van der Waals surface area (Å²) in [4.78, 5) is 44.0. The van der Waals surface area contributed by atoms with Gasteiger partial charge in [0.05, 0.1) is 11.1 Å². The number of anilines is 2. The van der Waals surface area contributed by atoms with Crippen molar-refractivity contribution in [2.45, 2.75) is 26.8 Å². The Kier molecular flexibility index (Phi) is 5.00. The molecule has 1 aromatic heterocycles. The predicted molar refractivity (Wildman–Crippen MR) is 123 cm³/mol. The number of hydrogen-bond donors (Lipinski definition) is 0. The minimum absolute atomic E-state index is 0.146. The summed E-state index contributed by atoms with van der Waals surface area (Å²) in [5, 5.41) is 3.79. The van der Waals surface area contributed by atoms with Gasteiger partial charge in [-0.25, -0.2) is 4.90 Å². The maximum Gasteiger partial charge on any atom is 0.267 e. The van der Waals surface area contributed by atoms with Gasteiger partial charge in [0.1, 0.15) is 5.76 Å². The Morgan fingerprint density at radius 1 is 1.00 bits per heavy atom. The number of nitrogens with zero attached hydrogens (tertiary/aromatic N) is 4. The van der Waals surface area contributed by atoms with E-state index in [1.165, 1.54) is 17.7 Å². The third-order valence-corrected chi connectivity index (χ3v) is 6.23. The molecular weight excluding hydrogens is 420 g/mol. The molecule has 0 bridgehead atoms. The van der Waals surface area contributed by atoms with Crippen LogP contribution in [0.3, 0.4) is 0 Å². The lowest BCUT2D eigenvalue weighted by Crippen LogP contribution is -2.53. The highest BCUT2D eigenvalue weighted by Crippen LogP contribution is 2.29. The van der Waals surface area contributed by atoms with Crippen LogP contribution in [0, 0.1) is 13.8 Å². The van der Waals surface area contributed by atoms with Gasteiger partial charge < -0.3 is 14.3 Å². The summed E-state index contributed by atoms with van der Waals surface area (Å²) in [6, 6.07) is 14.7. The third-order valence-electron chi connectivity index (χ3n) is 6.23. The number of hydrogen-bond acceptors (Lipinski definition) is 6. The summed E-state index contributed by atoms with van der Waals surface area (Å²) in [7, 11) is 0. The largest absolute Gasteiger partial charge is 0.365 e. The Bertz CT molecular complexity index is 1280. The van der Waals surface area contributed by atoms with Crippen LogP contribution in [0.5, 0.6) is 0 Å². The molecule has 0 spiro atoms. The Morgan fingerprint density at radius 2 is 1.79 bits per heavy atom. The van der Waals surface area contributed by atoms with E-state index < -0.39 is 11.8 Å². The standard InChI is InChI=1S/C25H24N4O4/c1-15-5-4-6-19(11-15)28-10-9-27(14-16(28)2)23(30)18-7-8-20-21(13-18)25(32)29(24(20)31)22-12-17(3)33-26-22/h4-8,11-13,16H,9-10,14H2,1-3H3/t16-/m1/s1. The molecule has 0 saturated carbocycles. The first-order valence-corrected chi connectivity index (χ1v) is 10.9. The Hall–Kier alpha value is -3.94. The van der Waals surface area contributed by atoms with E-state index in [1.807, 2.05) is 6.07 Å². The van der Waals surface area contributed by atoms with E-state index >= 15 is 0 Å². The van der Waals surface area contributed by atoms with Gasteiger partial charge >= 0.3 is 0 Å². The van der Waals surface area contributed by atoms with Crippen molar-refractivity contribution in [1.82, 2.24) is 10.1 Å². The molecule has 2 aromatic carbocycles. The number of carbonyl (C=O) groups excluding carboxylic acids is 3. The minimum atomic E-state index is -0.504. The van der Waals surface area contributed by atoms with Crippen LogP contribution < -0.4 is 9.80 Å². The van der Waals surface area contributed by atoms with Gasteiger partial charge in [-0.3, -0.25) is 14.4 Å². The quantitative estimate of drug-likeness (QED) is 0.575. The van der Waals surface area contributed by atoms with Crippen molar-refractivity contribution in [3.8, 4) is 0 Å². The summed E-state index contributed by atoms with van der Waals surface area (Å²) in [6.45, 7) is 7.72. The molecule has 1 atom stereocenters. The van der Waals surface area contributed by atoms with Crippen LogP contribution in [0.4, 0.5) is 11.5 Å². The van der Waals surface area contributed by atoms with Gasteiger partial charge in [-0.05, 0) is 56.7 Å². The van der Waals surface area contributed by atoms with Crippen molar-refractivity contribution < 1.29 is 18.9 Å². The van der Waals surface area contributed by atoms with Crippen LogP contribution in [0.1, 0.15) is 49.3 Å². The molecule has 1 saturated heterocycles. The van der Waals surface area contributed by atoms with E-state index in [1.54, 1.807) is 24.0 Å². The maximum absolute atomic E-state index is 13.3. The van der Waals surface area contributed by atoms with E-state index in [4.69, 9.17) is 4.52 Å². The molecule has 8 heteroatoms. The lowest BCUT2D eigenvalue weighted by molar-refractivity contribution is 0.0726. The van der Waals surface area contributed by atoms with Crippen molar-refractivity contribution in [3.05, 3.63) is 76.5 Å². The zero-order chi connectivity index (χ0) is 23.3. The van der Waals surface area contributed by atoms with Gasteiger partial charge in [0.2, 0.25) is 0 Å². The molecule has 3 aromatic rings. The zero-order valence-electron chi connectivity index (χ0n) is 18.7. The van der Waals surface area contributed by atoms with Gasteiger partial charge in [-0.15, -0.1) is 0 Å². The van der Waals surface area contributed by atoms with Crippen LogP contribution in [0.15, 0.2) is 53.1 Å². The van der Waals surface area contributed by atoms with E-state index in [2.05, 4.69) is 42.1 Å². The fraction of sp³-hybridized carbons (Fsp3) is 0.280. The topological polar surface area (TPSA) is 87.0 Å². The van der Waals surface area contributed by atoms with Crippen molar-refractivity contribution >= 4 is 29.2 Å². The summed E-state index contributed by atoms with van der Waals surface area (Å²) < 4.78 is 5.01. The summed E-state index contributed by atoms with van der Waals surface area (Å²) >= 11 is 0. The lowest BCUT2D eigenvalue weighted by Gasteiger charge is -2.41. The van der Waals surface area contributed by atoms with Crippen molar-refractivity contribution in [1.29, 1.82) is 0 Å². The zero-order valence-corrected chi connectivity index (χ0v) is 18.7. The summed E-state index contributed by atoms with van der Waals surface area (Å²) in [5.74, 6) is -0.480. The number of amides is 3. The highest BCUT2D eigenvalue weighted by atomic mass is 16.5. The molecule has 0 aliphatic carbocycles. The van der Waals surface area contributed by atoms with Crippen LogP contribution in [0.2, 0.25) is 0 Å². The van der Waals surface area contributed by atoms with Crippen LogP contribution in [-0.2, 0) is 0 Å². The molecule has 0 radical (unpaired) electrons. The molecular formula is C25H24N4O4. The molecule has 0 unspecified atom stereocenters. The van der Waals surface area contributed by atoms with Crippen LogP contribution in [0.25, 0.3) is 0 Å². The molecule has 8 nitrogen and oxygen atoms in total. The minimum Gasteiger partial charge on any atom is -0.365 e. The number of fused-ring (bicyclic) bond motifs is 1. The molecule has 33 heavy (non-hydrogen) atoms. The number of aromatic nitrogens is 1. The number of benzene rings is 2. The fourth-order valence-corrected chi connectivity index (χ4v) is 4.56. The van der Waals surface area contributed by atoms with Crippen LogP contribution in [-0.4, -0.2) is 53.5 Å². The van der Waals surface area contributed by atoms with Crippen molar-refractivity contribution in [2.24, 2.45) is 0 Å². The van der Waals surface area contributed by atoms with E-state index in [9.17, 15) is 14.4 Å². The van der Waals surface area contributed by atoms with Crippen LogP contribution >= 0.6 is 0 Å². The molecule has 168 valence electrons. The van der Waals surface area contributed by atoms with E-state index in [0.29, 0.717) is 24.4 Å². The fourth-order valence-electron chi connectivity index (χ4n) is 4.56. The number of rotatable bonds is 3. The smallest absolute Gasteiger partial charge is 0.267 e. The molecule has 0 N–H and O–H groups in total. The van der Waals surface area contributed by atoms with E-state index in [-0.39, 0.29) is 28.9 Å². The Balaban J connectivity index is 1.35. The first-order chi connectivity index (χ1) is 15.8. The average molecular weight is 444 g/mol. The maximum atomic E-state index is 13.3. The van der Waals surface area contributed by atoms with Gasteiger partial charge in [-0.2, -0.15) is 0 Å². The van der Waals surface area contributed by atoms with Gasteiger partial charge in [0.25, 0.3) is 17.7 Å². The van der Waals surface area contributed by atoms with Crippen molar-refractivity contribution in [3.63, 3.8) is 0 Å². The van der Waals surface area contributed by atoms with Gasteiger partial charge in [-0.1, -0.05) is 17.3 Å². The monoisotopic (exact) mass is 444 g/mol. The highest BCUT2D eigenvalue weighted by molar-refractivity contribution is 6.34. The summed E-state index contributed by atoms with van der Waals surface area (Å²) in [6.07, 6.45) is 0. The first-order valence-electron chi connectivity index (χ1n) is 10.9.